The first-order valence-electron chi connectivity index (χ1n) is 2.90. The van der Waals surface area contributed by atoms with E-state index in [1.807, 2.05) is 6.92 Å². The van der Waals surface area contributed by atoms with Gasteiger partial charge in [0.25, 0.3) is 0 Å². The largest absolute Gasteiger partial charge is 0.397 e. The second kappa shape index (κ2) is 2.11. The van der Waals surface area contributed by atoms with E-state index in [1.165, 1.54) is 0 Å². The zero-order chi connectivity index (χ0) is 6.85. The molecule has 0 bridgehead atoms. The van der Waals surface area contributed by atoms with Crippen LogP contribution in [0.5, 0.6) is 0 Å². The Morgan fingerprint density at radius 2 is 2.33 bits per heavy atom. The van der Waals surface area contributed by atoms with E-state index in [2.05, 4.69) is 4.98 Å². The molecule has 1 rings (SSSR count). The molecule has 3 heteroatoms. The number of hydrogen-bond donors (Lipinski definition) is 3. The highest BCUT2D eigenvalue weighted by Crippen LogP contribution is 2.14. The lowest BCUT2D eigenvalue weighted by molar-refractivity contribution is 0.792. The van der Waals surface area contributed by atoms with E-state index < -0.39 is 0 Å². The summed E-state index contributed by atoms with van der Waals surface area (Å²) in [5, 5.41) is 0. The van der Waals surface area contributed by atoms with Crippen LogP contribution in [0.2, 0.25) is 0 Å². The Balaban J connectivity index is 2.94. The third-order valence-electron chi connectivity index (χ3n) is 1.27. The number of rotatable bonds is 1. The standard InChI is InChI=1S/C6H11N3/c1-4(7)6-5(8)2-3-9-6/h2-4,9H,7-8H2,1H3. The fraction of sp³-hybridized carbons (Fsp3) is 0.333. The molecule has 9 heavy (non-hydrogen) atoms. The summed E-state index contributed by atoms with van der Waals surface area (Å²) in [4.78, 5) is 2.95. The third-order valence-corrected chi connectivity index (χ3v) is 1.27. The minimum Gasteiger partial charge on any atom is -0.397 e. The average Bonchev–Trinajstić information content (AvgIpc) is 2.13. The number of aromatic nitrogens is 1. The SMILES string of the molecule is CC(N)c1[nH]ccc1N. The fourth-order valence-corrected chi connectivity index (χ4v) is 0.789. The molecule has 1 unspecified atom stereocenters. The summed E-state index contributed by atoms with van der Waals surface area (Å²) in [6.07, 6.45) is 1.79. The Kier molecular flexibility index (Phi) is 1.44. The normalized spacial score (nSPS) is 13.6. The first-order valence-corrected chi connectivity index (χ1v) is 2.90. The second-order valence-corrected chi connectivity index (χ2v) is 2.14. The van der Waals surface area contributed by atoms with Crippen LogP contribution in [0.25, 0.3) is 0 Å². The smallest absolute Gasteiger partial charge is 0.0548 e. The molecule has 5 N–H and O–H groups in total. The molecular weight excluding hydrogens is 114 g/mol. The van der Waals surface area contributed by atoms with Crippen LogP contribution in [0, 0.1) is 0 Å². The Bertz CT molecular complexity index is 190. The van der Waals surface area contributed by atoms with Gasteiger partial charge in [0.1, 0.15) is 0 Å². The van der Waals surface area contributed by atoms with Gasteiger partial charge < -0.3 is 16.5 Å². The van der Waals surface area contributed by atoms with Gasteiger partial charge in [-0.3, -0.25) is 0 Å². The number of nitrogens with one attached hydrogen (secondary N) is 1. The van der Waals surface area contributed by atoms with E-state index in [9.17, 15) is 0 Å². The monoisotopic (exact) mass is 125 g/mol. The summed E-state index contributed by atoms with van der Waals surface area (Å²) in [5.74, 6) is 0. The summed E-state index contributed by atoms with van der Waals surface area (Å²) < 4.78 is 0. The average molecular weight is 125 g/mol. The highest BCUT2D eigenvalue weighted by Gasteiger charge is 2.02. The molecule has 1 heterocycles. The molecule has 0 radical (unpaired) electrons. The first kappa shape index (κ1) is 6.16. The predicted molar refractivity (Wildman–Crippen MR) is 37.8 cm³/mol. The summed E-state index contributed by atoms with van der Waals surface area (Å²) in [6.45, 7) is 1.89. The van der Waals surface area contributed by atoms with Gasteiger partial charge in [-0.2, -0.15) is 0 Å². The first-order chi connectivity index (χ1) is 4.22. The number of aromatic amines is 1. The molecule has 1 aromatic heterocycles. The number of nitrogens with two attached hydrogens (primary N) is 2. The molecule has 0 fully saturated rings. The molecule has 0 aliphatic rings. The van der Waals surface area contributed by atoms with Gasteiger partial charge >= 0.3 is 0 Å². The molecule has 1 aromatic rings. The molecular formula is C6H11N3. The van der Waals surface area contributed by atoms with Crippen LogP contribution in [0.1, 0.15) is 18.7 Å². The Morgan fingerprint density at radius 3 is 2.56 bits per heavy atom. The molecule has 0 aliphatic heterocycles. The molecule has 0 saturated heterocycles. The number of anilines is 1. The van der Waals surface area contributed by atoms with Crippen molar-refractivity contribution in [3.63, 3.8) is 0 Å². The van der Waals surface area contributed by atoms with Crippen molar-refractivity contribution < 1.29 is 0 Å². The molecule has 0 aliphatic carbocycles. The molecule has 3 nitrogen and oxygen atoms in total. The van der Waals surface area contributed by atoms with E-state index >= 15 is 0 Å². The predicted octanol–water partition coefficient (Wildman–Crippen LogP) is 0.617. The quantitative estimate of drug-likeness (QED) is 0.515. The fourth-order valence-electron chi connectivity index (χ4n) is 0.789. The number of hydrogen-bond acceptors (Lipinski definition) is 2. The summed E-state index contributed by atoms with van der Waals surface area (Å²) >= 11 is 0. The van der Waals surface area contributed by atoms with Gasteiger partial charge in [0.15, 0.2) is 0 Å². The zero-order valence-electron chi connectivity index (χ0n) is 5.39. The Labute approximate surface area is 54.1 Å². The van der Waals surface area contributed by atoms with Crippen molar-refractivity contribution in [2.75, 3.05) is 5.73 Å². The zero-order valence-corrected chi connectivity index (χ0v) is 5.39. The number of H-pyrrole nitrogens is 1. The molecule has 0 saturated carbocycles. The van der Waals surface area contributed by atoms with Gasteiger partial charge in [-0.25, -0.2) is 0 Å². The van der Waals surface area contributed by atoms with Crippen LogP contribution in [0.4, 0.5) is 5.69 Å². The highest BCUT2D eigenvalue weighted by molar-refractivity contribution is 5.44. The van der Waals surface area contributed by atoms with Crippen LogP contribution < -0.4 is 11.5 Å². The maximum absolute atomic E-state index is 5.55. The Morgan fingerprint density at radius 1 is 1.67 bits per heavy atom. The maximum atomic E-state index is 5.55. The van der Waals surface area contributed by atoms with Crippen molar-refractivity contribution in [1.82, 2.24) is 4.98 Å². The van der Waals surface area contributed by atoms with E-state index in [4.69, 9.17) is 11.5 Å². The van der Waals surface area contributed by atoms with Crippen LogP contribution >= 0.6 is 0 Å². The van der Waals surface area contributed by atoms with Gasteiger partial charge in [-0.1, -0.05) is 0 Å². The van der Waals surface area contributed by atoms with Crippen LogP contribution in [0.3, 0.4) is 0 Å². The minimum atomic E-state index is -0.000000000000000444. The maximum Gasteiger partial charge on any atom is 0.0548 e. The summed E-state index contributed by atoms with van der Waals surface area (Å²) in [7, 11) is 0. The highest BCUT2D eigenvalue weighted by atomic mass is 14.8. The number of nitrogen functional groups attached to an aromatic ring is 1. The van der Waals surface area contributed by atoms with Gasteiger partial charge in [-0.05, 0) is 13.0 Å². The van der Waals surface area contributed by atoms with E-state index in [0.29, 0.717) is 0 Å². The van der Waals surface area contributed by atoms with Crippen LogP contribution in [-0.4, -0.2) is 4.98 Å². The van der Waals surface area contributed by atoms with Crippen molar-refractivity contribution in [3.05, 3.63) is 18.0 Å². The lowest BCUT2D eigenvalue weighted by atomic mass is 10.2. The van der Waals surface area contributed by atoms with Gasteiger partial charge in [0, 0.05) is 12.2 Å². The molecule has 50 valence electrons. The summed E-state index contributed by atoms with van der Waals surface area (Å²) in [6, 6.07) is 1.80. The van der Waals surface area contributed by atoms with Crippen molar-refractivity contribution in [2.45, 2.75) is 13.0 Å². The van der Waals surface area contributed by atoms with Gasteiger partial charge in [-0.15, -0.1) is 0 Å². The molecule has 1 atom stereocenters. The topological polar surface area (TPSA) is 67.8 Å². The lowest BCUT2D eigenvalue weighted by Gasteiger charge is -2.01. The van der Waals surface area contributed by atoms with Crippen molar-refractivity contribution in [2.24, 2.45) is 5.73 Å². The van der Waals surface area contributed by atoms with E-state index in [-0.39, 0.29) is 6.04 Å². The molecule has 0 spiro atoms. The molecule has 0 amide bonds. The van der Waals surface area contributed by atoms with Crippen molar-refractivity contribution in [1.29, 1.82) is 0 Å². The Hall–Kier alpha value is -0.960. The second-order valence-electron chi connectivity index (χ2n) is 2.14. The van der Waals surface area contributed by atoms with E-state index in [0.717, 1.165) is 11.4 Å². The van der Waals surface area contributed by atoms with E-state index in [1.54, 1.807) is 12.3 Å². The lowest BCUT2D eigenvalue weighted by Crippen LogP contribution is -2.07. The van der Waals surface area contributed by atoms with Crippen molar-refractivity contribution >= 4 is 5.69 Å². The minimum absolute atomic E-state index is 0.000000000000000444. The molecule has 0 aromatic carbocycles. The third kappa shape index (κ3) is 1.05. The van der Waals surface area contributed by atoms with Crippen LogP contribution in [0.15, 0.2) is 12.3 Å². The summed E-state index contributed by atoms with van der Waals surface area (Å²) in [5.41, 5.74) is 12.7. The van der Waals surface area contributed by atoms with Gasteiger partial charge in [0.05, 0.1) is 11.4 Å². The van der Waals surface area contributed by atoms with Crippen molar-refractivity contribution in [3.8, 4) is 0 Å². The van der Waals surface area contributed by atoms with Gasteiger partial charge in [0.2, 0.25) is 0 Å². The van der Waals surface area contributed by atoms with Crippen LogP contribution in [-0.2, 0) is 0 Å².